The SMILES string of the molecule is COC(O)CNc1ncc2c(n1)c(Nc1ccc(F)c(Cl)c1)nc1cc(C(=O)O)ccc12. The smallest absolute Gasteiger partial charge is 0.335 e. The van der Waals surface area contributed by atoms with Gasteiger partial charge in [0.05, 0.1) is 22.6 Å². The number of carbonyl (C=O) groups is 1. The molecular weight excluding hydrogens is 441 g/mol. The number of anilines is 3. The normalized spacial score (nSPS) is 12.1. The summed E-state index contributed by atoms with van der Waals surface area (Å²) in [6.07, 6.45) is 0.523. The van der Waals surface area contributed by atoms with Crippen molar-refractivity contribution in [3.8, 4) is 0 Å². The number of hydrogen-bond acceptors (Lipinski definition) is 8. The van der Waals surface area contributed by atoms with E-state index < -0.39 is 18.1 Å². The maximum absolute atomic E-state index is 13.6. The van der Waals surface area contributed by atoms with Crippen LogP contribution < -0.4 is 10.6 Å². The summed E-state index contributed by atoms with van der Waals surface area (Å²) in [6, 6.07) is 8.66. The Kier molecular flexibility index (Phi) is 5.99. The van der Waals surface area contributed by atoms with Crippen molar-refractivity contribution >= 4 is 56.8 Å². The highest BCUT2D eigenvalue weighted by molar-refractivity contribution is 6.31. The number of aromatic nitrogens is 3. The molecule has 2 heterocycles. The summed E-state index contributed by atoms with van der Waals surface area (Å²) in [6.45, 7) is 0.0569. The number of carboxylic acid groups (broad SMARTS) is 1. The molecule has 4 N–H and O–H groups in total. The maximum Gasteiger partial charge on any atom is 0.335 e. The lowest BCUT2D eigenvalue weighted by Gasteiger charge is -2.14. The highest BCUT2D eigenvalue weighted by Crippen LogP contribution is 2.31. The van der Waals surface area contributed by atoms with Crippen molar-refractivity contribution in [1.29, 1.82) is 0 Å². The van der Waals surface area contributed by atoms with Crippen LogP contribution in [0.2, 0.25) is 5.02 Å². The van der Waals surface area contributed by atoms with Crippen molar-refractivity contribution in [1.82, 2.24) is 15.0 Å². The van der Waals surface area contributed by atoms with E-state index in [-0.39, 0.29) is 28.9 Å². The highest BCUT2D eigenvalue weighted by atomic mass is 35.5. The number of nitrogens with zero attached hydrogens (tertiary/aromatic N) is 3. The molecule has 0 saturated carbocycles. The van der Waals surface area contributed by atoms with Gasteiger partial charge in [0.25, 0.3) is 0 Å². The first-order valence-corrected chi connectivity index (χ1v) is 9.74. The van der Waals surface area contributed by atoms with E-state index in [0.717, 1.165) is 0 Å². The number of aromatic carboxylic acids is 1. The predicted octanol–water partition coefficient (Wildman–Crippen LogP) is 3.79. The maximum atomic E-state index is 13.6. The van der Waals surface area contributed by atoms with Gasteiger partial charge < -0.3 is 25.6 Å². The minimum atomic E-state index is -1.08. The molecular formula is C21H17ClFN5O4. The summed E-state index contributed by atoms with van der Waals surface area (Å²) >= 11 is 5.89. The van der Waals surface area contributed by atoms with Gasteiger partial charge in [0.1, 0.15) is 11.3 Å². The number of aliphatic hydroxyl groups excluding tert-OH is 1. The van der Waals surface area contributed by atoms with Gasteiger partial charge in [-0.15, -0.1) is 0 Å². The van der Waals surface area contributed by atoms with Crippen LogP contribution in [0.25, 0.3) is 21.8 Å². The zero-order valence-corrected chi connectivity index (χ0v) is 17.4. The number of ether oxygens (including phenoxy) is 1. The Balaban J connectivity index is 1.86. The fourth-order valence-corrected chi connectivity index (χ4v) is 3.24. The van der Waals surface area contributed by atoms with Gasteiger partial charge in [0.15, 0.2) is 12.1 Å². The second-order valence-electron chi connectivity index (χ2n) is 6.78. The highest BCUT2D eigenvalue weighted by Gasteiger charge is 2.15. The number of carboxylic acids is 1. The summed E-state index contributed by atoms with van der Waals surface area (Å²) in [5.41, 5.74) is 1.37. The molecule has 1 atom stereocenters. The summed E-state index contributed by atoms with van der Waals surface area (Å²) in [4.78, 5) is 24.7. The second kappa shape index (κ2) is 8.87. The Labute approximate surface area is 185 Å². The molecule has 9 nitrogen and oxygen atoms in total. The molecule has 0 aliphatic carbocycles. The third-order valence-electron chi connectivity index (χ3n) is 4.67. The van der Waals surface area contributed by atoms with E-state index in [1.165, 1.54) is 37.4 Å². The number of fused-ring (bicyclic) bond motifs is 3. The van der Waals surface area contributed by atoms with Gasteiger partial charge in [0, 0.05) is 29.8 Å². The second-order valence-corrected chi connectivity index (χ2v) is 7.19. The fraction of sp³-hybridized carbons (Fsp3) is 0.143. The average molecular weight is 458 g/mol. The molecule has 0 radical (unpaired) electrons. The first kappa shape index (κ1) is 21.6. The van der Waals surface area contributed by atoms with Gasteiger partial charge in [-0.3, -0.25) is 0 Å². The van der Waals surface area contributed by atoms with Crippen LogP contribution in [0.3, 0.4) is 0 Å². The molecule has 4 aromatic rings. The van der Waals surface area contributed by atoms with Crippen LogP contribution in [0, 0.1) is 5.82 Å². The number of pyridine rings is 1. The molecule has 32 heavy (non-hydrogen) atoms. The topological polar surface area (TPSA) is 129 Å². The van der Waals surface area contributed by atoms with Crippen LogP contribution in [-0.2, 0) is 4.74 Å². The third kappa shape index (κ3) is 4.37. The van der Waals surface area contributed by atoms with Gasteiger partial charge in [-0.2, -0.15) is 0 Å². The number of hydrogen-bond donors (Lipinski definition) is 4. The van der Waals surface area contributed by atoms with Crippen molar-refractivity contribution in [2.45, 2.75) is 6.29 Å². The molecule has 0 aliphatic rings. The molecule has 0 amide bonds. The number of methoxy groups -OCH3 is 1. The van der Waals surface area contributed by atoms with E-state index >= 15 is 0 Å². The van der Waals surface area contributed by atoms with Crippen LogP contribution in [-0.4, -0.2) is 51.1 Å². The molecule has 164 valence electrons. The van der Waals surface area contributed by atoms with Gasteiger partial charge in [0.2, 0.25) is 5.95 Å². The standard InChI is InChI=1S/C21H17ClFN5O4/c1-32-17(29)9-25-21-24-8-13-12-4-2-10(20(30)31)6-16(12)27-19(18(13)28-21)26-11-3-5-15(23)14(22)7-11/h2-8,17,29H,9H2,1H3,(H,26,27)(H,30,31)(H,24,25,28). The summed E-state index contributed by atoms with van der Waals surface area (Å²) in [5, 5.41) is 26.0. The number of aliphatic hydroxyl groups is 1. The lowest BCUT2D eigenvalue weighted by molar-refractivity contribution is -0.0625. The first-order valence-electron chi connectivity index (χ1n) is 9.36. The third-order valence-corrected chi connectivity index (χ3v) is 4.96. The zero-order valence-electron chi connectivity index (χ0n) is 16.6. The van der Waals surface area contributed by atoms with Gasteiger partial charge in [-0.25, -0.2) is 24.1 Å². The Hall–Kier alpha value is -3.60. The first-order chi connectivity index (χ1) is 15.4. The molecule has 2 aromatic heterocycles. The molecule has 2 aromatic carbocycles. The Bertz CT molecular complexity index is 1340. The molecule has 0 saturated heterocycles. The van der Waals surface area contributed by atoms with Crippen LogP contribution in [0.5, 0.6) is 0 Å². The zero-order chi connectivity index (χ0) is 22.8. The summed E-state index contributed by atoms with van der Waals surface area (Å²) < 4.78 is 18.4. The minimum Gasteiger partial charge on any atom is -0.478 e. The molecule has 0 fully saturated rings. The van der Waals surface area contributed by atoms with Gasteiger partial charge in [-0.05, 0) is 30.3 Å². The minimum absolute atomic E-state index is 0.0569. The number of halogens is 2. The van der Waals surface area contributed by atoms with Crippen LogP contribution in [0.15, 0.2) is 42.6 Å². The monoisotopic (exact) mass is 457 g/mol. The van der Waals surface area contributed by atoms with Crippen molar-refractivity contribution in [3.05, 3.63) is 59.0 Å². The van der Waals surface area contributed by atoms with E-state index in [1.807, 2.05) is 0 Å². The molecule has 4 rings (SSSR count). The largest absolute Gasteiger partial charge is 0.478 e. The van der Waals surface area contributed by atoms with Crippen molar-refractivity contribution < 1.29 is 24.1 Å². The summed E-state index contributed by atoms with van der Waals surface area (Å²) in [7, 11) is 1.37. The lowest BCUT2D eigenvalue weighted by Crippen LogP contribution is -2.22. The van der Waals surface area contributed by atoms with Crippen molar-refractivity contribution in [3.63, 3.8) is 0 Å². The molecule has 0 bridgehead atoms. The van der Waals surface area contributed by atoms with Gasteiger partial charge >= 0.3 is 5.97 Å². The average Bonchev–Trinajstić information content (AvgIpc) is 2.79. The molecule has 0 spiro atoms. The quantitative estimate of drug-likeness (QED) is 0.242. The van der Waals surface area contributed by atoms with E-state index in [4.69, 9.17) is 16.3 Å². The van der Waals surface area contributed by atoms with Crippen LogP contribution >= 0.6 is 11.6 Å². The Morgan fingerprint density at radius 3 is 2.75 bits per heavy atom. The molecule has 1 unspecified atom stereocenters. The fourth-order valence-electron chi connectivity index (χ4n) is 3.06. The number of nitrogens with one attached hydrogen (secondary N) is 2. The number of rotatable bonds is 7. The Morgan fingerprint density at radius 1 is 1.22 bits per heavy atom. The number of benzene rings is 2. The van der Waals surface area contributed by atoms with Crippen molar-refractivity contribution in [2.75, 3.05) is 24.3 Å². The van der Waals surface area contributed by atoms with Crippen molar-refractivity contribution in [2.24, 2.45) is 0 Å². The van der Waals surface area contributed by atoms with E-state index in [0.29, 0.717) is 27.5 Å². The summed E-state index contributed by atoms with van der Waals surface area (Å²) in [5.74, 6) is -1.14. The predicted molar refractivity (Wildman–Crippen MR) is 118 cm³/mol. The van der Waals surface area contributed by atoms with Gasteiger partial charge in [-0.1, -0.05) is 17.7 Å². The van der Waals surface area contributed by atoms with Crippen LogP contribution in [0.1, 0.15) is 10.4 Å². The van der Waals surface area contributed by atoms with E-state index in [9.17, 15) is 19.4 Å². The lowest BCUT2D eigenvalue weighted by atomic mass is 10.1. The molecule has 11 heteroatoms. The Morgan fingerprint density at radius 2 is 2.03 bits per heavy atom. The molecule has 0 aliphatic heterocycles. The van der Waals surface area contributed by atoms with Crippen LogP contribution in [0.4, 0.5) is 21.8 Å². The van der Waals surface area contributed by atoms with E-state index in [1.54, 1.807) is 12.3 Å². The van der Waals surface area contributed by atoms with E-state index in [2.05, 4.69) is 25.6 Å².